The minimum Gasteiger partial charge on any atom is -0.326 e. The van der Waals surface area contributed by atoms with Crippen LogP contribution in [0.5, 0.6) is 0 Å². The molecule has 1 aliphatic heterocycles. The van der Waals surface area contributed by atoms with Crippen LogP contribution in [-0.4, -0.2) is 32.0 Å². The summed E-state index contributed by atoms with van der Waals surface area (Å²) in [4.78, 5) is 26.1. The lowest BCUT2D eigenvalue weighted by Crippen LogP contribution is -2.35. The summed E-state index contributed by atoms with van der Waals surface area (Å²) in [6.07, 6.45) is 0.722. The number of nitrogens with zero attached hydrogens (tertiary/aromatic N) is 1. The third-order valence-electron chi connectivity index (χ3n) is 5.25. The molecule has 3 rings (SSSR count). The van der Waals surface area contributed by atoms with Gasteiger partial charge in [-0.25, -0.2) is 12.8 Å². The van der Waals surface area contributed by atoms with Crippen LogP contribution >= 0.6 is 0 Å². The van der Waals surface area contributed by atoms with Crippen molar-refractivity contribution < 1.29 is 22.4 Å². The zero-order valence-electron chi connectivity index (χ0n) is 17.2. The van der Waals surface area contributed by atoms with Gasteiger partial charge < -0.3 is 10.2 Å². The van der Waals surface area contributed by atoms with Gasteiger partial charge >= 0.3 is 0 Å². The van der Waals surface area contributed by atoms with Crippen molar-refractivity contribution in [3.05, 3.63) is 53.3 Å². The van der Waals surface area contributed by atoms with E-state index >= 15 is 0 Å². The number of sulfone groups is 1. The lowest BCUT2D eigenvalue weighted by Gasteiger charge is -2.22. The van der Waals surface area contributed by atoms with Crippen molar-refractivity contribution in [2.75, 3.05) is 16.0 Å². The second kappa shape index (κ2) is 8.55. The minimum absolute atomic E-state index is 0.000991. The molecule has 160 valence electrons. The Morgan fingerprint density at radius 2 is 1.93 bits per heavy atom. The van der Waals surface area contributed by atoms with E-state index in [9.17, 15) is 22.4 Å². The van der Waals surface area contributed by atoms with Crippen LogP contribution in [0.2, 0.25) is 0 Å². The molecule has 0 saturated heterocycles. The van der Waals surface area contributed by atoms with Crippen molar-refractivity contribution in [1.82, 2.24) is 0 Å². The van der Waals surface area contributed by atoms with E-state index in [0.29, 0.717) is 18.4 Å². The van der Waals surface area contributed by atoms with Crippen molar-refractivity contribution in [2.24, 2.45) is 0 Å². The van der Waals surface area contributed by atoms with Crippen molar-refractivity contribution in [3.8, 4) is 0 Å². The Balaban J connectivity index is 1.69. The second-order valence-electron chi connectivity index (χ2n) is 7.54. The summed E-state index contributed by atoms with van der Waals surface area (Å²) in [5.41, 5.74) is 2.30. The van der Waals surface area contributed by atoms with Gasteiger partial charge in [-0.15, -0.1) is 0 Å². The number of anilines is 2. The van der Waals surface area contributed by atoms with Crippen molar-refractivity contribution in [1.29, 1.82) is 0 Å². The lowest BCUT2D eigenvalue weighted by atomic mass is 10.1. The maximum Gasteiger partial charge on any atom is 0.226 e. The number of carbonyl (C=O) groups is 2. The van der Waals surface area contributed by atoms with E-state index in [1.54, 1.807) is 43.0 Å². The van der Waals surface area contributed by atoms with Gasteiger partial charge in [-0.2, -0.15) is 0 Å². The molecule has 2 aromatic carbocycles. The van der Waals surface area contributed by atoms with E-state index in [4.69, 9.17) is 0 Å². The smallest absolute Gasteiger partial charge is 0.226 e. The normalized spacial score (nSPS) is 15.7. The van der Waals surface area contributed by atoms with Gasteiger partial charge in [0.2, 0.25) is 11.8 Å². The van der Waals surface area contributed by atoms with E-state index in [1.807, 2.05) is 6.92 Å². The number of aryl methyl sites for hydroxylation is 1. The molecule has 0 unspecified atom stereocenters. The van der Waals surface area contributed by atoms with E-state index in [1.165, 1.54) is 12.1 Å². The Morgan fingerprint density at radius 1 is 1.20 bits per heavy atom. The van der Waals surface area contributed by atoms with E-state index in [2.05, 4.69) is 5.32 Å². The van der Waals surface area contributed by atoms with Gasteiger partial charge in [-0.05, 0) is 61.7 Å². The van der Waals surface area contributed by atoms with Crippen LogP contribution in [0.3, 0.4) is 0 Å². The number of nitrogens with one attached hydrogen (secondary N) is 1. The van der Waals surface area contributed by atoms with Crippen molar-refractivity contribution in [3.63, 3.8) is 0 Å². The predicted octanol–water partition coefficient (Wildman–Crippen LogP) is 3.62. The fraction of sp³-hybridized carbons (Fsp3) is 0.364. The highest BCUT2D eigenvalue weighted by atomic mass is 32.2. The molecule has 8 heteroatoms. The Kier molecular flexibility index (Phi) is 6.26. The van der Waals surface area contributed by atoms with Crippen molar-refractivity contribution >= 4 is 33.0 Å². The summed E-state index contributed by atoms with van der Waals surface area (Å²) < 4.78 is 39.0. The molecule has 1 atom stereocenters. The standard InChI is InChI=1S/C22H25FN2O4S/c1-4-22(27)25-15(3)11-16-12-18(7-8-20(16)25)30(28,29)10-9-21(26)24-17-6-5-14(2)19(23)13-17/h5-8,12-13,15H,4,9-11H2,1-3H3,(H,24,26)/t15-/m1/s1. The maximum absolute atomic E-state index is 13.6. The minimum atomic E-state index is -3.68. The topological polar surface area (TPSA) is 83.6 Å². The third-order valence-corrected chi connectivity index (χ3v) is 6.96. The first kappa shape index (κ1) is 22.0. The van der Waals surface area contributed by atoms with Crippen LogP contribution in [0, 0.1) is 12.7 Å². The monoisotopic (exact) mass is 432 g/mol. The average molecular weight is 433 g/mol. The number of hydrogen-bond acceptors (Lipinski definition) is 4. The quantitative estimate of drug-likeness (QED) is 0.756. The molecule has 0 radical (unpaired) electrons. The molecule has 0 fully saturated rings. The summed E-state index contributed by atoms with van der Waals surface area (Å²) in [6.45, 7) is 5.34. The summed E-state index contributed by atoms with van der Waals surface area (Å²) in [5, 5.41) is 2.52. The van der Waals surface area contributed by atoms with Gasteiger partial charge in [-0.3, -0.25) is 9.59 Å². The molecular formula is C22H25FN2O4S. The van der Waals surface area contributed by atoms with Crippen LogP contribution in [0.4, 0.5) is 15.8 Å². The van der Waals surface area contributed by atoms with E-state index < -0.39 is 21.6 Å². The fourth-order valence-electron chi connectivity index (χ4n) is 3.59. The van der Waals surface area contributed by atoms with Crippen LogP contribution in [0.25, 0.3) is 0 Å². The van der Waals surface area contributed by atoms with Gasteiger partial charge in [0.15, 0.2) is 9.84 Å². The molecule has 1 N–H and O–H groups in total. The molecule has 1 heterocycles. The molecule has 0 saturated carbocycles. The summed E-state index contributed by atoms with van der Waals surface area (Å²) in [6, 6.07) is 9.02. The predicted molar refractivity (Wildman–Crippen MR) is 114 cm³/mol. The largest absolute Gasteiger partial charge is 0.326 e. The zero-order valence-corrected chi connectivity index (χ0v) is 18.1. The van der Waals surface area contributed by atoms with Gasteiger partial charge in [0.05, 0.1) is 10.6 Å². The molecule has 2 amide bonds. The maximum atomic E-state index is 13.6. The fourth-order valence-corrected chi connectivity index (χ4v) is 4.88. The molecule has 0 aliphatic carbocycles. The molecule has 2 aromatic rings. The molecule has 0 aromatic heterocycles. The zero-order chi connectivity index (χ0) is 22.1. The Bertz CT molecular complexity index is 1100. The van der Waals surface area contributed by atoms with Crippen LogP contribution in [0.15, 0.2) is 41.3 Å². The highest BCUT2D eigenvalue weighted by Gasteiger charge is 2.31. The lowest BCUT2D eigenvalue weighted by molar-refractivity contribution is -0.118. The van der Waals surface area contributed by atoms with Gasteiger partial charge in [-0.1, -0.05) is 13.0 Å². The number of hydrogen-bond donors (Lipinski definition) is 1. The van der Waals surface area contributed by atoms with Gasteiger partial charge in [0, 0.05) is 30.3 Å². The Hall–Kier alpha value is -2.74. The Labute approximate surface area is 176 Å². The first-order valence-corrected chi connectivity index (χ1v) is 11.5. The average Bonchev–Trinajstić information content (AvgIpc) is 3.03. The Morgan fingerprint density at radius 3 is 2.60 bits per heavy atom. The summed E-state index contributed by atoms with van der Waals surface area (Å²) >= 11 is 0. The number of rotatable bonds is 6. The first-order valence-electron chi connectivity index (χ1n) is 9.86. The molecular weight excluding hydrogens is 407 g/mol. The molecule has 6 nitrogen and oxygen atoms in total. The second-order valence-corrected chi connectivity index (χ2v) is 9.65. The van der Waals surface area contributed by atoms with Gasteiger partial charge in [0.1, 0.15) is 5.82 Å². The highest BCUT2D eigenvalue weighted by molar-refractivity contribution is 7.91. The SMILES string of the molecule is CCC(=O)N1c2ccc(S(=O)(=O)CCC(=O)Nc3ccc(C)c(F)c3)cc2C[C@H]1C. The number of fused-ring (bicyclic) bond motifs is 1. The summed E-state index contributed by atoms with van der Waals surface area (Å²) in [7, 11) is -3.68. The van der Waals surface area contributed by atoms with Crippen LogP contribution in [0.1, 0.15) is 37.8 Å². The van der Waals surface area contributed by atoms with Crippen LogP contribution in [-0.2, 0) is 25.8 Å². The van der Waals surface area contributed by atoms with E-state index in [0.717, 1.165) is 11.3 Å². The number of carbonyl (C=O) groups excluding carboxylic acids is 2. The highest BCUT2D eigenvalue weighted by Crippen LogP contribution is 2.34. The van der Waals surface area contributed by atoms with Gasteiger partial charge in [0.25, 0.3) is 0 Å². The number of amides is 2. The first-order chi connectivity index (χ1) is 14.1. The van der Waals surface area contributed by atoms with Crippen molar-refractivity contribution in [2.45, 2.75) is 51.0 Å². The molecule has 30 heavy (non-hydrogen) atoms. The molecule has 0 bridgehead atoms. The third kappa shape index (κ3) is 4.53. The van der Waals surface area contributed by atoms with Crippen LogP contribution < -0.4 is 10.2 Å². The summed E-state index contributed by atoms with van der Waals surface area (Å²) in [5.74, 6) is -1.31. The molecule has 1 aliphatic rings. The number of halogens is 1. The van der Waals surface area contributed by atoms with E-state index in [-0.39, 0.29) is 34.7 Å². The number of benzene rings is 2. The molecule has 0 spiro atoms.